The summed E-state index contributed by atoms with van der Waals surface area (Å²) in [6, 6.07) is 9.27. The lowest BCUT2D eigenvalue weighted by Crippen LogP contribution is -2.31. The number of carbonyl (C=O) groups excluding carboxylic acids is 1. The molecule has 2 N–H and O–H groups in total. The van der Waals surface area contributed by atoms with Crippen LogP contribution >= 0.6 is 0 Å². The minimum Gasteiger partial charge on any atom is -0.484 e. The molecule has 1 heterocycles. The predicted octanol–water partition coefficient (Wildman–Crippen LogP) is 2.08. The van der Waals surface area contributed by atoms with Crippen LogP contribution in [-0.4, -0.2) is 24.5 Å². The Morgan fingerprint density at radius 3 is 2.57 bits per heavy atom. The van der Waals surface area contributed by atoms with E-state index in [-0.39, 0.29) is 12.5 Å². The molecule has 21 heavy (non-hydrogen) atoms. The molecule has 2 aromatic rings. The van der Waals surface area contributed by atoms with Gasteiger partial charge in [-0.05, 0) is 30.7 Å². The molecule has 1 aromatic carbocycles. The van der Waals surface area contributed by atoms with Gasteiger partial charge < -0.3 is 19.8 Å². The van der Waals surface area contributed by atoms with Crippen molar-refractivity contribution in [1.82, 2.24) is 4.90 Å². The molecule has 0 saturated carbocycles. The first-order valence-corrected chi connectivity index (χ1v) is 6.79. The van der Waals surface area contributed by atoms with Crippen LogP contribution in [0.3, 0.4) is 0 Å². The number of benzene rings is 1. The van der Waals surface area contributed by atoms with Crippen molar-refractivity contribution in [3.63, 3.8) is 0 Å². The third kappa shape index (κ3) is 4.10. The molecule has 112 valence electrons. The minimum absolute atomic E-state index is 0.00930. The van der Waals surface area contributed by atoms with E-state index in [4.69, 9.17) is 14.9 Å². The molecule has 5 heteroatoms. The van der Waals surface area contributed by atoms with Gasteiger partial charge in [-0.1, -0.05) is 12.1 Å². The van der Waals surface area contributed by atoms with Crippen molar-refractivity contribution in [2.24, 2.45) is 5.73 Å². The monoisotopic (exact) mass is 288 g/mol. The molecule has 0 aliphatic heterocycles. The second-order valence-corrected chi connectivity index (χ2v) is 4.89. The Labute approximate surface area is 124 Å². The fourth-order valence-electron chi connectivity index (χ4n) is 1.90. The Kier molecular flexibility index (Phi) is 5.00. The number of furan rings is 1. The summed E-state index contributed by atoms with van der Waals surface area (Å²) in [7, 11) is 1.75. The first-order valence-electron chi connectivity index (χ1n) is 6.79. The van der Waals surface area contributed by atoms with E-state index in [1.165, 1.54) is 0 Å². The van der Waals surface area contributed by atoms with E-state index in [0.717, 1.165) is 16.9 Å². The number of nitrogens with zero attached hydrogens (tertiary/aromatic N) is 1. The molecule has 0 fully saturated rings. The Balaban J connectivity index is 1.84. The molecule has 1 amide bonds. The van der Waals surface area contributed by atoms with Crippen molar-refractivity contribution in [2.45, 2.75) is 20.0 Å². The number of likely N-dealkylation sites (N-methyl/N-ethyl adjacent to an activating group) is 1. The lowest BCUT2D eigenvalue weighted by molar-refractivity contribution is -0.132. The molecule has 0 atom stereocenters. The van der Waals surface area contributed by atoms with Gasteiger partial charge in [-0.25, -0.2) is 0 Å². The molecule has 1 aromatic heterocycles. The van der Waals surface area contributed by atoms with Crippen LogP contribution in [0.25, 0.3) is 0 Å². The molecule has 0 radical (unpaired) electrons. The quantitative estimate of drug-likeness (QED) is 0.883. The Morgan fingerprint density at radius 1 is 1.29 bits per heavy atom. The van der Waals surface area contributed by atoms with E-state index in [0.29, 0.717) is 18.8 Å². The van der Waals surface area contributed by atoms with E-state index in [9.17, 15) is 4.79 Å². The summed E-state index contributed by atoms with van der Waals surface area (Å²) in [5, 5.41) is 0. The maximum atomic E-state index is 12.0. The van der Waals surface area contributed by atoms with Gasteiger partial charge in [0.15, 0.2) is 6.61 Å². The van der Waals surface area contributed by atoms with Gasteiger partial charge in [0, 0.05) is 25.7 Å². The number of aryl methyl sites for hydroxylation is 1. The second-order valence-electron chi connectivity index (χ2n) is 4.89. The summed E-state index contributed by atoms with van der Waals surface area (Å²) in [5.74, 6) is 1.40. The summed E-state index contributed by atoms with van der Waals surface area (Å²) in [6.07, 6.45) is 1.62. The number of hydrogen-bond acceptors (Lipinski definition) is 4. The number of nitrogens with two attached hydrogens (primary N) is 1. The Hall–Kier alpha value is -2.27. The third-order valence-electron chi connectivity index (χ3n) is 3.32. The molecule has 0 aliphatic rings. The number of rotatable bonds is 6. The van der Waals surface area contributed by atoms with Crippen LogP contribution in [-0.2, 0) is 17.9 Å². The predicted molar refractivity (Wildman–Crippen MR) is 79.7 cm³/mol. The number of carbonyl (C=O) groups is 1. The minimum atomic E-state index is -0.0847. The van der Waals surface area contributed by atoms with E-state index in [2.05, 4.69) is 0 Å². The van der Waals surface area contributed by atoms with E-state index in [1.54, 1.807) is 18.2 Å². The molecule has 2 rings (SSSR count). The van der Waals surface area contributed by atoms with Crippen molar-refractivity contribution < 1.29 is 13.9 Å². The fourth-order valence-corrected chi connectivity index (χ4v) is 1.90. The van der Waals surface area contributed by atoms with Crippen molar-refractivity contribution in [1.29, 1.82) is 0 Å². The standard InChI is InChI=1S/C16H20N2O3/c1-12-14(7-8-20-12)10-18(2)16(19)11-21-15-5-3-13(9-17)4-6-15/h3-8H,9-11,17H2,1-2H3. The maximum absolute atomic E-state index is 12.0. The van der Waals surface area contributed by atoms with Crippen LogP contribution in [0.4, 0.5) is 0 Å². The summed E-state index contributed by atoms with van der Waals surface area (Å²) in [4.78, 5) is 13.6. The van der Waals surface area contributed by atoms with Gasteiger partial charge in [0.1, 0.15) is 11.5 Å². The number of amides is 1. The summed E-state index contributed by atoms with van der Waals surface area (Å²) < 4.78 is 10.7. The van der Waals surface area contributed by atoms with E-state index in [1.807, 2.05) is 37.3 Å². The molecule has 0 saturated heterocycles. The Morgan fingerprint density at radius 2 is 2.00 bits per heavy atom. The lowest BCUT2D eigenvalue weighted by atomic mass is 10.2. The molecule has 5 nitrogen and oxygen atoms in total. The van der Waals surface area contributed by atoms with Crippen molar-refractivity contribution in [2.75, 3.05) is 13.7 Å². The van der Waals surface area contributed by atoms with Crippen LogP contribution in [0.1, 0.15) is 16.9 Å². The highest BCUT2D eigenvalue weighted by Crippen LogP contribution is 2.13. The largest absolute Gasteiger partial charge is 0.484 e. The van der Waals surface area contributed by atoms with Gasteiger partial charge in [-0.2, -0.15) is 0 Å². The third-order valence-corrected chi connectivity index (χ3v) is 3.32. The zero-order valence-electron chi connectivity index (χ0n) is 12.3. The normalized spacial score (nSPS) is 10.4. The smallest absolute Gasteiger partial charge is 0.260 e. The highest BCUT2D eigenvalue weighted by atomic mass is 16.5. The van der Waals surface area contributed by atoms with Gasteiger partial charge in [-0.3, -0.25) is 4.79 Å². The zero-order chi connectivity index (χ0) is 15.2. The van der Waals surface area contributed by atoms with Crippen LogP contribution < -0.4 is 10.5 Å². The summed E-state index contributed by atoms with van der Waals surface area (Å²) in [5.41, 5.74) is 7.56. The first-order chi connectivity index (χ1) is 10.1. The second kappa shape index (κ2) is 6.95. The molecular formula is C16H20N2O3. The van der Waals surface area contributed by atoms with Gasteiger partial charge >= 0.3 is 0 Å². The Bertz CT molecular complexity index is 590. The van der Waals surface area contributed by atoms with Gasteiger partial charge in [0.2, 0.25) is 0 Å². The lowest BCUT2D eigenvalue weighted by Gasteiger charge is -2.17. The molecular weight excluding hydrogens is 268 g/mol. The maximum Gasteiger partial charge on any atom is 0.260 e. The average Bonchev–Trinajstić information content (AvgIpc) is 2.90. The van der Waals surface area contributed by atoms with Crippen LogP contribution in [0.5, 0.6) is 5.75 Å². The van der Waals surface area contributed by atoms with Crippen molar-refractivity contribution >= 4 is 5.91 Å². The van der Waals surface area contributed by atoms with Gasteiger partial charge in [-0.15, -0.1) is 0 Å². The molecule has 0 aliphatic carbocycles. The SMILES string of the molecule is Cc1occc1CN(C)C(=O)COc1ccc(CN)cc1. The average molecular weight is 288 g/mol. The van der Waals surface area contributed by atoms with E-state index < -0.39 is 0 Å². The molecule has 0 bridgehead atoms. The highest BCUT2D eigenvalue weighted by Gasteiger charge is 2.12. The van der Waals surface area contributed by atoms with Gasteiger partial charge in [0.05, 0.1) is 6.26 Å². The topological polar surface area (TPSA) is 68.7 Å². The summed E-state index contributed by atoms with van der Waals surface area (Å²) >= 11 is 0. The van der Waals surface area contributed by atoms with Gasteiger partial charge in [0.25, 0.3) is 5.91 Å². The van der Waals surface area contributed by atoms with Crippen LogP contribution in [0, 0.1) is 6.92 Å². The number of ether oxygens (including phenoxy) is 1. The van der Waals surface area contributed by atoms with Crippen LogP contribution in [0.15, 0.2) is 41.0 Å². The summed E-state index contributed by atoms with van der Waals surface area (Å²) in [6.45, 7) is 2.89. The van der Waals surface area contributed by atoms with Crippen LogP contribution in [0.2, 0.25) is 0 Å². The first kappa shape index (κ1) is 15.1. The fraction of sp³-hybridized carbons (Fsp3) is 0.312. The number of hydrogen-bond donors (Lipinski definition) is 1. The zero-order valence-corrected chi connectivity index (χ0v) is 12.3. The highest BCUT2D eigenvalue weighted by molar-refractivity contribution is 5.77. The van der Waals surface area contributed by atoms with Crippen molar-refractivity contribution in [3.8, 4) is 5.75 Å². The van der Waals surface area contributed by atoms with E-state index >= 15 is 0 Å². The molecule has 0 spiro atoms. The van der Waals surface area contributed by atoms with Crippen molar-refractivity contribution in [3.05, 3.63) is 53.5 Å². The molecule has 0 unspecified atom stereocenters.